The zero-order valence-corrected chi connectivity index (χ0v) is 34.0. The topological polar surface area (TPSA) is 250 Å². The third-order valence-corrected chi connectivity index (χ3v) is 8.37. The summed E-state index contributed by atoms with van der Waals surface area (Å²) in [5, 5.41) is 22.3. The van der Waals surface area contributed by atoms with Crippen LogP contribution < -0.4 is 54.3 Å². The molecule has 0 aliphatic carbocycles. The molecule has 4 aromatic rings. The fraction of sp³-hybridized carbons (Fsp3) is 0.293. The van der Waals surface area contributed by atoms with Crippen molar-refractivity contribution in [3.8, 4) is 46.0 Å². The van der Waals surface area contributed by atoms with Gasteiger partial charge < -0.3 is 59.2 Å². The maximum Gasteiger partial charge on any atom is 0.325 e. The van der Waals surface area contributed by atoms with E-state index in [9.17, 15) is 24.0 Å². The highest BCUT2D eigenvalue weighted by molar-refractivity contribution is 6.04. The molecule has 3 atom stereocenters. The van der Waals surface area contributed by atoms with E-state index in [0.29, 0.717) is 68.2 Å². The molecule has 0 spiro atoms. The normalized spacial score (nSPS) is 13.3. The lowest BCUT2D eigenvalue weighted by molar-refractivity contribution is -0.139. The van der Waals surface area contributed by atoms with Crippen LogP contribution in [-0.4, -0.2) is 97.3 Å². The molecular weight excluding hydrogens is 774 g/mol. The van der Waals surface area contributed by atoms with Crippen molar-refractivity contribution in [2.45, 2.75) is 24.9 Å². The van der Waals surface area contributed by atoms with E-state index in [2.05, 4.69) is 10.6 Å². The summed E-state index contributed by atoms with van der Waals surface area (Å²) in [7, 11) is 12.2. The van der Waals surface area contributed by atoms with Crippen LogP contribution in [0.4, 0.5) is 4.79 Å². The molecule has 0 aromatic heterocycles. The van der Waals surface area contributed by atoms with Gasteiger partial charge in [0.25, 0.3) is 5.91 Å². The van der Waals surface area contributed by atoms with Crippen LogP contribution in [-0.2, 0) is 14.4 Å². The standard InChI is InChI=1S/C11H12N2O4.C11H14O4.C10H13NO4.C9H10O3/c1-16-7-4-3-6(5-8(7)17-2)9-10(14)13-11(15)12-9;1-7(11(12)13)8-4-5-9(14-2)10(6-8)15-3;1-14-7-4-3-6(5-8(7)15-2)9(11)10(12)13;1-11-8-4-3-7(6-10)5-9(8)12-2/h3-5,9H,1-2H3,(H2,12,13,14,15);4-7H,1-3H3,(H,12,13);3-5,9H,11H2,1-2H3,(H,12,13);3-6H,1-2H3. The van der Waals surface area contributed by atoms with Gasteiger partial charge in [0.15, 0.2) is 46.0 Å². The molecule has 3 amide bonds. The van der Waals surface area contributed by atoms with E-state index in [1.165, 1.54) is 49.8 Å². The zero-order chi connectivity index (χ0) is 44.2. The van der Waals surface area contributed by atoms with Crippen molar-refractivity contribution >= 4 is 30.2 Å². The van der Waals surface area contributed by atoms with Crippen molar-refractivity contribution in [1.82, 2.24) is 10.6 Å². The number of amides is 3. The summed E-state index contributed by atoms with van der Waals surface area (Å²) in [6, 6.07) is 17.7. The second-order valence-corrected chi connectivity index (χ2v) is 11.8. The molecule has 0 bridgehead atoms. The van der Waals surface area contributed by atoms with Crippen molar-refractivity contribution in [1.29, 1.82) is 0 Å². The van der Waals surface area contributed by atoms with E-state index in [0.717, 1.165) is 6.29 Å². The molecule has 1 fully saturated rings. The molecule has 6 N–H and O–H groups in total. The lowest BCUT2D eigenvalue weighted by Gasteiger charge is -2.12. The smallest absolute Gasteiger partial charge is 0.325 e. The van der Waals surface area contributed by atoms with Gasteiger partial charge in [0.05, 0.1) is 62.8 Å². The molecule has 4 aromatic carbocycles. The van der Waals surface area contributed by atoms with Crippen LogP contribution in [0.3, 0.4) is 0 Å². The number of benzene rings is 4. The van der Waals surface area contributed by atoms with Gasteiger partial charge in [0, 0.05) is 5.56 Å². The van der Waals surface area contributed by atoms with Gasteiger partial charge in [0.2, 0.25) is 0 Å². The molecule has 1 heterocycles. The van der Waals surface area contributed by atoms with Crippen LogP contribution in [0.15, 0.2) is 72.8 Å². The number of urea groups is 1. The second kappa shape index (κ2) is 23.8. The number of hydrogen-bond acceptors (Lipinski definition) is 14. The largest absolute Gasteiger partial charge is 0.493 e. The first kappa shape index (κ1) is 47.9. The Bertz CT molecular complexity index is 1990. The first-order chi connectivity index (χ1) is 28.2. The number of carbonyl (C=O) groups is 5. The molecule has 318 valence electrons. The van der Waals surface area contributed by atoms with E-state index < -0.39 is 36.0 Å². The molecule has 18 heteroatoms. The first-order valence-electron chi connectivity index (χ1n) is 17.3. The predicted octanol–water partition coefficient (Wildman–Crippen LogP) is 4.78. The number of hydrogen-bond donors (Lipinski definition) is 5. The molecule has 0 saturated carbocycles. The number of ether oxygens (including phenoxy) is 8. The Morgan fingerprint density at radius 3 is 1.41 bits per heavy atom. The van der Waals surface area contributed by atoms with E-state index in [1.54, 1.807) is 86.8 Å². The Morgan fingerprint density at radius 2 is 1.00 bits per heavy atom. The summed E-state index contributed by atoms with van der Waals surface area (Å²) in [6.07, 6.45) is 0.766. The quantitative estimate of drug-likeness (QED) is 0.0848. The third kappa shape index (κ3) is 13.5. The molecule has 18 nitrogen and oxygen atoms in total. The van der Waals surface area contributed by atoms with Crippen molar-refractivity contribution in [2.75, 3.05) is 56.9 Å². The number of nitrogens with one attached hydrogen (secondary N) is 2. The van der Waals surface area contributed by atoms with Crippen LogP contribution in [0.25, 0.3) is 0 Å². The van der Waals surface area contributed by atoms with Crippen molar-refractivity contribution in [3.05, 3.63) is 95.1 Å². The molecule has 3 unspecified atom stereocenters. The Balaban J connectivity index is 0.000000273. The number of aldehydes is 1. The number of carboxylic acid groups (broad SMARTS) is 2. The third-order valence-electron chi connectivity index (χ3n) is 8.37. The SMILES string of the molecule is COc1ccc(C(C)C(=O)O)cc1OC.COc1ccc(C(N)C(=O)O)cc1OC.COc1ccc(C2NC(=O)NC2=O)cc1OC.COc1ccc(C=O)cc1OC. The molecule has 5 rings (SSSR count). The van der Waals surface area contributed by atoms with E-state index in [1.807, 2.05) is 0 Å². The van der Waals surface area contributed by atoms with Gasteiger partial charge in [-0.15, -0.1) is 0 Å². The molecular formula is C41H49N3O15. The summed E-state index contributed by atoms with van der Waals surface area (Å²) >= 11 is 0. The number of carbonyl (C=O) groups excluding carboxylic acids is 3. The molecule has 1 aliphatic heterocycles. The summed E-state index contributed by atoms with van der Waals surface area (Å²) < 4.78 is 40.4. The predicted molar refractivity (Wildman–Crippen MR) is 214 cm³/mol. The minimum atomic E-state index is -1.08. The molecule has 59 heavy (non-hydrogen) atoms. The highest BCUT2D eigenvalue weighted by Gasteiger charge is 2.31. The Morgan fingerprint density at radius 1 is 0.593 bits per heavy atom. The van der Waals surface area contributed by atoms with Crippen molar-refractivity contribution in [3.63, 3.8) is 0 Å². The van der Waals surface area contributed by atoms with Crippen LogP contribution in [0.2, 0.25) is 0 Å². The van der Waals surface area contributed by atoms with E-state index in [-0.39, 0.29) is 5.91 Å². The molecule has 1 saturated heterocycles. The van der Waals surface area contributed by atoms with Gasteiger partial charge in [-0.3, -0.25) is 24.5 Å². The Kier molecular flexibility index (Phi) is 19.3. The molecule has 0 radical (unpaired) electrons. The van der Waals surface area contributed by atoms with Crippen LogP contribution in [0, 0.1) is 0 Å². The highest BCUT2D eigenvalue weighted by Crippen LogP contribution is 2.32. The van der Waals surface area contributed by atoms with Gasteiger partial charge >= 0.3 is 18.0 Å². The molecule has 1 aliphatic rings. The minimum Gasteiger partial charge on any atom is -0.493 e. The lowest BCUT2D eigenvalue weighted by atomic mass is 10.0. The fourth-order valence-corrected chi connectivity index (χ4v) is 5.06. The number of rotatable bonds is 14. The Hall–Kier alpha value is -7.21. The van der Waals surface area contributed by atoms with Crippen molar-refractivity contribution in [2.24, 2.45) is 5.73 Å². The number of aliphatic carboxylic acids is 2. The number of methoxy groups -OCH3 is 8. The maximum atomic E-state index is 11.5. The average molecular weight is 824 g/mol. The summed E-state index contributed by atoms with van der Waals surface area (Å²) in [4.78, 5) is 54.3. The monoisotopic (exact) mass is 823 g/mol. The van der Waals surface area contributed by atoms with E-state index >= 15 is 0 Å². The number of imide groups is 1. The fourth-order valence-electron chi connectivity index (χ4n) is 5.06. The van der Waals surface area contributed by atoms with Crippen LogP contribution in [0.1, 0.15) is 52.0 Å². The van der Waals surface area contributed by atoms with Gasteiger partial charge in [-0.1, -0.05) is 18.2 Å². The lowest BCUT2D eigenvalue weighted by Crippen LogP contribution is -2.22. The zero-order valence-electron chi connectivity index (χ0n) is 34.0. The Labute approximate surface area is 341 Å². The van der Waals surface area contributed by atoms with E-state index in [4.69, 9.17) is 53.8 Å². The van der Waals surface area contributed by atoms with Gasteiger partial charge in [-0.05, 0) is 78.2 Å². The van der Waals surface area contributed by atoms with Gasteiger partial charge in [-0.25, -0.2) is 4.79 Å². The van der Waals surface area contributed by atoms with Crippen LogP contribution >= 0.6 is 0 Å². The van der Waals surface area contributed by atoms with Crippen molar-refractivity contribution < 1.29 is 72.1 Å². The summed E-state index contributed by atoms with van der Waals surface area (Å²) in [6.45, 7) is 1.63. The summed E-state index contributed by atoms with van der Waals surface area (Å²) in [5.41, 5.74) is 7.84. The second-order valence-electron chi connectivity index (χ2n) is 11.8. The van der Waals surface area contributed by atoms with Gasteiger partial charge in [0.1, 0.15) is 18.4 Å². The number of nitrogens with two attached hydrogens (primary N) is 1. The highest BCUT2D eigenvalue weighted by atomic mass is 16.5. The first-order valence-corrected chi connectivity index (χ1v) is 17.3. The summed E-state index contributed by atoms with van der Waals surface area (Å²) in [5.74, 6) is 1.56. The van der Waals surface area contributed by atoms with Gasteiger partial charge in [-0.2, -0.15) is 0 Å². The minimum absolute atomic E-state index is 0.373. The maximum absolute atomic E-state index is 11.5. The average Bonchev–Trinajstić information content (AvgIpc) is 3.61. The van der Waals surface area contributed by atoms with Crippen LogP contribution in [0.5, 0.6) is 46.0 Å². The number of carboxylic acids is 2.